The lowest BCUT2D eigenvalue weighted by atomic mass is 9.95. The van der Waals surface area contributed by atoms with Crippen LogP contribution in [0, 0.1) is 6.92 Å². The molecule has 0 bridgehead atoms. The van der Waals surface area contributed by atoms with E-state index in [4.69, 9.17) is 18.6 Å². The lowest BCUT2D eigenvalue weighted by molar-refractivity contribution is -0.118. The molecule has 2 aromatic carbocycles. The lowest BCUT2D eigenvalue weighted by Crippen LogP contribution is -2.21. The van der Waals surface area contributed by atoms with Gasteiger partial charge in [0.15, 0.2) is 6.61 Å². The molecule has 9 heteroatoms. The average Bonchev–Trinajstić information content (AvgIpc) is 3.28. The molecule has 5 rings (SSSR count). The summed E-state index contributed by atoms with van der Waals surface area (Å²) >= 11 is 1.42. The topological polar surface area (TPSA) is 104 Å². The standard InChI is InChI=1S/C29H27NO7S/c1-3-34-29(33)26-21-6-4-5-7-24(21)38-28(26)30-25(31)16-35-19-12-13-20-22(14-19)36-15-23(27(20)32)37-18-10-8-17(2)9-11-18/h8-15H,3-7,16H2,1-2H3,(H,30,31). The molecule has 1 aliphatic rings. The first-order chi connectivity index (χ1) is 18.4. The molecule has 2 aromatic heterocycles. The predicted molar refractivity (Wildman–Crippen MR) is 145 cm³/mol. The highest BCUT2D eigenvalue weighted by molar-refractivity contribution is 7.17. The Kier molecular flexibility index (Phi) is 7.46. The molecular formula is C29H27NO7S. The van der Waals surface area contributed by atoms with Crippen molar-refractivity contribution >= 4 is 39.2 Å². The molecule has 1 N–H and O–H groups in total. The van der Waals surface area contributed by atoms with Crippen LogP contribution in [0.15, 0.2) is 57.9 Å². The maximum atomic E-state index is 12.9. The highest BCUT2D eigenvalue weighted by Crippen LogP contribution is 2.38. The summed E-state index contributed by atoms with van der Waals surface area (Å²) in [4.78, 5) is 39.3. The number of fused-ring (bicyclic) bond motifs is 2. The van der Waals surface area contributed by atoms with Gasteiger partial charge in [0.05, 0.1) is 17.6 Å². The molecule has 0 spiro atoms. The van der Waals surface area contributed by atoms with Gasteiger partial charge >= 0.3 is 5.97 Å². The van der Waals surface area contributed by atoms with E-state index in [1.807, 2.05) is 19.1 Å². The molecule has 38 heavy (non-hydrogen) atoms. The van der Waals surface area contributed by atoms with Gasteiger partial charge in [-0.15, -0.1) is 11.3 Å². The largest absolute Gasteiger partial charge is 0.484 e. The first-order valence-electron chi connectivity index (χ1n) is 12.5. The van der Waals surface area contributed by atoms with Crippen LogP contribution in [-0.2, 0) is 22.4 Å². The highest BCUT2D eigenvalue weighted by atomic mass is 32.1. The van der Waals surface area contributed by atoms with Crippen LogP contribution in [0.25, 0.3) is 11.0 Å². The number of nitrogens with one attached hydrogen (secondary N) is 1. The minimum Gasteiger partial charge on any atom is -0.484 e. The first kappa shape index (κ1) is 25.5. The number of amides is 1. The van der Waals surface area contributed by atoms with Crippen molar-refractivity contribution in [2.45, 2.75) is 39.5 Å². The van der Waals surface area contributed by atoms with E-state index < -0.39 is 11.9 Å². The molecule has 0 aliphatic heterocycles. The molecule has 0 unspecified atom stereocenters. The Morgan fingerprint density at radius 2 is 1.82 bits per heavy atom. The van der Waals surface area contributed by atoms with E-state index in [1.54, 1.807) is 37.3 Å². The van der Waals surface area contributed by atoms with E-state index >= 15 is 0 Å². The smallest absolute Gasteiger partial charge is 0.341 e. The molecule has 1 amide bonds. The molecule has 1 aliphatic carbocycles. The summed E-state index contributed by atoms with van der Waals surface area (Å²) in [6.45, 7) is 3.70. The Morgan fingerprint density at radius 1 is 1.05 bits per heavy atom. The molecular weight excluding hydrogens is 506 g/mol. The Hall–Kier alpha value is -4.11. The minimum absolute atomic E-state index is 0.0745. The zero-order valence-corrected chi connectivity index (χ0v) is 21.9. The van der Waals surface area contributed by atoms with Crippen molar-refractivity contribution in [2.24, 2.45) is 0 Å². The van der Waals surface area contributed by atoms with Gasteiger partial charge in [-0.2, -0.15) is 0 Å². The van der Waals surface area contributed by atoms with Crippen molar-refractivity contribution in [3.63, 3.8) is 0 Å². The van der Waals surface area contributed by atoms with Crippen LogP contribution in [0.3, 0.4) is 0 Å². The third-order valence-electron chi connectivity index (χ3n) is 6.24. The summed E-state index contributed by atoms with van der Waals surface area (Å²) in [6, 6.07) is 12.1. The van der Waals surface area contributed by atoms with Gasteiger partial charge in [-0.05, 0) is 69.4 Å². The number of ether oxygens (including phenoxy) is 3. The number of thiophene rings is 1. The van der Waals surface area contributed by atoms with E-state index in [0.717, 1.165) is 41.7 Å². The van der Waals surface area contributed by atoms with Crippen LogP contribution >= 0.6 is 11.3 Å². The number of hydrogen-bond donors (Lipinski definition) is 1. The van der Waals surface area contributed by atoms with Crippen LogP contribution in [0.5, 0.6) is 17.2 Å². The maximum absolute atomic E-state index is 12.9. The molecule has 196 valence electrons. The third-order valence-corrected chi connectivity index (χ3v) is 7.44. The second-order valence-corrected chi connectivity index (χ2v) is 10.1. The summed E-state index contributed by atoms with van der Waals surface area (Å²) in [6.07, 6.45) is 5.01. The van der Waals surface area contributed by atoms with Gasteiger partial charge in [0, 0.05) is 10.9 Å². The van der Waals surface area contributed by atoms with Crippen LogP contribution in [0.4, 0.5) is 5.00 Å². The summed E-state index contributed by atoms with van der Waals surface area (Å²) in [7, 11) is 0. The molecule has 0 atom stereocenters. The number of aryl methyl sites for hydroxylation is 2. The summed E-state index contributed by atoms with van der Waals surface area (Å²) in [5.74, 6) is 0.145. The second kappa shape index (κ2) is 11.1. The quantitative estimate of drug-likeness (QED) is 0.276. The number of hydrogen-bond acceptors (Lipinski definition) is 8. The zero-order chi connectivity index (χ0) is 26.6. The first-order valence-corrected chi connectivity index (χ1v) is 13.3. The van der Waals surface area contributed by atoms with Gasteiger partial charge in [-0.3, -0.25) is 9.59 Å². The molecule has 0 saturated carbocycles. The Labute approximate surface area is 223 Å². The van der Waals surface area contributed by atoms with Gasteiger partial charge in [-0.25, -0.2) is 4.79 Å². The van der Waals surface area contributed by atoms with E-state index in [0.29, 0.717) is 33.0 Å². The maximum Gasteiger partial charge on any atom is 0.341 e. The number of esters is 1. The van der Waals surface area contributed by atoms with E-state index in [1.165, 1.54) is 17.6 Å². The van der Waals surface area contributed by atoms with Gasteiger partial charge < -0.3 is 23.9 Å². The van der Waals surface area contributed by atoms with Crippen LogP contribution < -0.4 is 20.2 Å². The average molecular weight is 534 g/mol. The van der Waals surface area contributed by atoms with Gasteiger partial charge in [0.25, 0.3) is 5.91 Å². The van der Waals surface area contributed by atoms with Crippen molar-refractivity contribution in [1.29, 1.82) is 0 Å². The highest BCUT2D eigenvalue weighted by Gasteiger charge is 2.27. The minimum atomic E-state index is -0.418. The van der Waals surface area contributed by atoms with Crippen molar-refractivity contribution in [2.75, 3.05) is 18.5 Å². The Morgan fingerprint density at radius 3 is 2.61 bits per heavy atom. The second-order valence-electron chi connectivity index (χ2n) is 8.97. The molecule has 0 radical (unpaired) electrons. The lowest BCUT2D eigenvalue weighted by Gasteiger charge is -2.12. The molecule has 8 nitrogen and oxygen atoms in total. The normalized spacial score (nSPS) is 12.6. The predicted octanol–water partition coefficient (Wildman–Crippen LogP) is 6.03. The number of rotatable bonds is 8. The Bertz CT molecular complexity index is 1550. The summed E-state index contributed by atoms with van der Waals surface area (Å²) < 4.78 is 22.2. The fourth-order valence-electron chi connectivity index (χ4n) is 4.37. The van der Waals surface area contributed by atoms with Gasteiger partial charge in [0.1, 0.15) is 28.3 Å². The van der Waals surface area contributed by atoms with Gasteiger partial charge in [0.2, 0.25) is 11.2 Å². The van der Waals surface area contributed by atoms with Crippen molar-refractivity contribution in [3.8, 4) is 17.2 Å². The SMILES string of the molecule is CCOC(=O)c1c(NC(=O)COc2ccc3c(=O)c(Oc4ccc(C)cc4)coc3c2)sc2c1CCCC2. The molecule has 0 saturated heterocycles. The molecule has 2 heterocycles. The van der Waals surface area contributed by atoms with Crippen molar-refractivity contribution in [1.82, 2.24) is 0 Å². The van der Waals surface area contributed by atoms with Crippen LogP contribution in [-0.4, -0.2) is 25.1 Å². The number of benzene rings is 2. The van der Waals surface area contributed by atoms with E-state index in [-0.39, 0.29) is 24.4 Å². The third kappa shape index (κ3) is 5.43. The molecule has 4 aromatic rings. The number of carbonyl (C=O) groups excluding carboxylic acids is 2. The summed E-state index contributed by atoms with van der Waals surface area (Å²) in [5.41, 5.74) is 2.50. The Balaban J connectivity index is 1.27. The van der Waals surface area contributed by atoms with Crippen LogP contribution in [0.2, 0.25) is 0 Å². The fraction of sp³-hybridized carbons (Fsp3) is 0.276. The number of carbonyl (C=O) groups is 2. The van der Waals surface area contributed by atoms with E-state index in [2.05, 4.69) is 5.32 Å². The fourth-order valence-corrected chi connectivity index (χ4v) is 5.66. The zero-order valence-electron chi connectivity index (χ0n) is 21.1. The monoisotopic (exact) mass is 533 g/mol. The van der Waals surface area contributed by atoms with E-state index in [9.17, 15) is 14.4 Å². The van der Waals surface area contributed by atoms with Crippen molar-refractivity contribution in [3.05, 3.63) is 80.5 Å². The van der Waals surface area contributed by atoms with Gasteiger partial charge in [-0.1, -0.05) is 17.7 Å². The summed E-state index contributed by atoms with van der Waals surface area (Å²) in [5, 5.41) is 3.64. The van der Waals surface area contributed by atoms with Crippen molar-refractivity contribution < 1.29 is 28.2 Å². The number of anilines is 1. The molecule has 0 fully saturated rings. The van der Waals surface area contributed by atoms with Crippen LogP contribution in [0.1, 0.15) is 46.1 Å².